The summed E-state index contributed by atoms with van der Waals surface area (Å²) >= 11 is 0. The lowest BCUT2D eigenvalue weighted by Crippen LogP contribution is -2.25. The zero-order valence-electron chi connectivity index (χ0n) is 7.43. The van der Waals surface area contributed by atoms with Gasteiger partial charge in [0.05, 0.1) is 6.20 Å². The SMILES string of the molecule is CC(NN)c1cnn(C)c1.Cl.Cl.Cl. The van der Waals surface area contributed by atoms with Crippen LogP contribution in [0.25, 0.3) is 0 Å². The maximum atomic E-state index is 5.23. The van der Waals surface area contributed by atoms with Gasteiger partial charge in [0, 0.05) is 24.8 Å². The van der Waals surface area contributed by atoms with Crippen molar-refractivity contribution in [2.75, 3.05) is 0 Å². The van der Waals surface area contributed by atoms with Crippen LogP contribution < -0.4 is 11.3 Å². The van der Waals surface area contributed by atoms with E-state index in [9.17, 15) is 0 Å². The Labute approximate surface area is 96.5 Å². The Hall–Kier alpha value is -0.000000000000000111. The molecule has 4 nitrogen and oxygen atoms in total. The molecule has 0 spiro atoms. The number of nitrogens with zero attached hydrogens (tertiary/aromatic N) is 2. The number of rotatable bonds is 2. The number of hydrogen-bond acceptors (Lipinski definition) is 3. The minimum atomic E-state index is 0. The monoisotopic (exact) mass is 248 g/mol. The van der Waals surface area contributed by atoms with Crippen LogP contribution in [0, 0.1) is 0 Å². The highest BCUT2D eigenvalue weighted by atomic mass is 35.5. The maximum Gasteiger partial charge on any atom is 0.0537 e. The van der Waals surface area contributed by atoms with Crippen molar-refractivity contribution in [2.24, 2.45) is 12.9 Å². The van der Waals surface area contributed by atoms with Gasteiger partial charge in [0.25, 0.3) is 0 Å². The molecule has 13 heavy (non-hydrogen) atoms. The second-order valence-corrected chi connectivity index (χ2v) is 2.34. The third-order valence-electron chi connectivity index (χ3n) is 1.47. The summed E-state index contributed by atoms with van der Waals surface area (Å²) < 4.78 is 1.75. The first kappa shape index (κ1) is 18.7. The van der Waals surface area contributed by atoms with E-state index in [0.717, 1.165) is 5.56 Å². The number of aromatic nitrogens is 2. The van der Waals surface area contributed by atoms with Gasteiger partial charge >= 0.3 is 0 Å². The number of nitrogens with one attached hydrogen (secondary N) is 1. The van der Waals surface area contributed by atoms with Crippen molar-refractivity contribution in [3.8, 4) is 0 Å². The van der Waals surface area contributed by atoms with Crippen molar-refractivity contribution in [3.05, 3.63) is 18.0 Å². The van der Waals surface area contributed by atoms with E-state index >= 15 is 0 Å². The molecule has 0 aliphatic carbocycles. The zero-order valence-corrected chi connectivity index (χ0v) is 9.88. The smallest absolute Gasteiger partial charge is 0.0537 e. The van der Waals surface area contributed by atoms with Gasteiger partial charge in [-0.05, 0) is 6.92 Å². The Morgan fingerprint density at radius 2 is 2.00 bits per heavy atom. The van der Waals surface area contributed by atoms with E-state index in [0.29, 0.717) is 0 Å². The molecule has 0 radical (unpaired) electrons. The van der Waals surface area contributed by atoms with Crippen molar-refractivity contribution in [3.63, 3.8) is 0 Å². The molecule has 0 amide bonds. The van der Waals surface area contributed by atoms with Crippen LogP contribution >= 0.6 is 37.2 Å². The van der Waals surface area contributed by atoms with Crippen molar-refractivity contribution < 1.29 is 0 Å². The van der Waals surface area contributed by atoms with Gasteiger partial charge < -0.3 is 0 Å². The lowest BCUT2D eigenvalue weighted by Gasteiger charge is -2.04. The van der Waals surface area contributed by atoms with Crippen LogP contribution in [-0.2, 0) is 7.05 Å². The fraction of sp³-hybridized carbons (Fsp3) is 0.500. The Balaban J connectivity index is -0.000000333. The molecule has 1 heterocycles. The van der Waals surface area contributed by atoms with E-state index < -0.39 is 0 Å². The van der Waals surface area contributed by atoms with Gasteiger partial charge in [0.15, 0.2) is 0 Å². The van der Waals surface area contributed by atoms with Crippen LogP contribution in [0.1, 0.15) is 18.5 Å². The minimum Gasteiger partial charge on any atom is -0.275 e. The van der Waals surface area contributed by atoms with Crippen LogP contribution in [0.15, 0.2) is 12.4 Å². The van der Waals surface area contributed by atoms with Crippen LogP contribution in [0.5, 0.6) is 0 Å². The van der Waals surface area contributed by atoms with E-state index in [4.69, 9.17) is 5.84 Å². The molecule has 1 atom stereocenters. The van der Waals surface area contributed by atoms with E-state index in [1.807, 2.05) is 20.2 Å². The molecule has 7 heteroatoms. The van der Waals surface area contributed by atoms with Gasteiger partial charge in [-0.25, -0.2) is 0 Å². The highest BCUT2D eigenvalue weighted by molar-refractivity contribution is 5.86. The summed E-state index contributed by atoms with van der Waals surface area (Å²) in [6.07, 6.45) is 3.73. The Morgan fingerprint density at radius 1 is 1.46 bits per heavy atom. The van der Waals surface area contributed by atoms with E-state index in [-0.39, 0.29) is 43.3 Å². The molecule has 3 N–H and O–H groups in total. The molecule has 0 saturated carbocycles. The number of halogens is 3. The lowest BCUT2D eigenvalue weighted by atomic mass is 10.2. The normalized spacial score (nSPS) is 10.4. The first-order chi connectivity index (χ1) is 4.74. The second kappa shape index (κ2) is 8.59. The van der Waals surface area contributed by atoms with Crippen LogP contribution in [0.3, 0.4) is 0 Å². The fourth-order valence-corrected chi connectivity index (χ4v) is 0.760. The Morgan fingerprint density at radius 3 is 2.31 bits per heavy atom. The van der Waals surface area contributed by atoms with E-state index in [1.54, 1.807) is 10.9 Å². The topological polar surface area (TPSA) is 55.9 Å². The fourth-order valence-electron chi connectivity index (χ4n) is 0.760. The number of aryl methyl sites for hydroxylation is 1. The van der Waals surface area contributed by atoms with Crippen LogP contribution in [0.2, 0.25) is 0 Å². The first-order valence-electron chi connectivity index (χ1n) is 3.18. The van der Waals surface area contributed by atoms with Gasteiger partial charge in [-0.2, -0.15) is 5.10 Å². The van der Waals surface area contributed by atoms with Gasteiger partial charge in [-0.15, -0.1) is 37.2 Å². The summed E-state index contributed by atoms with van der Waals surface area (Å²) in [5, 5.41) is 4.01. The molecule has 1 rings (SSSR count). The highest BCUT2D eigenvalue weighted by Crippen LogP contribution is 2.07. The molecule has 0 aliphatic heterocycles. The molecular weight excluding hydrogens is 234 g/mol. The molecule has 0 aliphatic rings. The standard InChI is InChI=1S/C6H12N4.3ClH/c1-5(9-7)6-3-8-10(2)4-6;;;/h3-5,9H,7H2,1-2H3;3*1H. The summed E-state index contributed by atoms with van der Waals surface area (Å²) in [6.45, 7) is 1.98. The van der Waals surface area contributed by atoms with Gasteiger partial charge in [0.1, 0.15) is 0 Å². The van der Waals surface area contributed by atoms with Crippen molar-refractivity contribution >= 4 is 37.2 Å². The predicted octanol–water partition coefficient (Wildman–Crippen LogP) is 1.21. The maximum absolute atomic E-state index is 5.23. The van der Waals surface area contributed by atoms with E-state index in [1.165, 1.54) is 0 Å². The average Bonchev–Trinajstić information content (AvgIpc) is 2.34. The molecule has 0 saturated heterocycles. The second-order valence-electron chi connectivity index (χ2n) is 2.34. The van der Waals surface area contributed by atoms with Crippen molar-refractivity contribution in [1.29, 1.82) is 0 Å². The van der Waals surface area contributed by atoms with Crippen molar-refractivity contribution in [2.45, 2.75) is 13.0 Å². The Bertz CT molecular complexity index is 215. The quantitative estimate of drug-likeness (QED) is 0.612. The number of nitrogens with two attached hydrogens (primary N) is 1. The molecule has 80 valence electrons. The molecule has 0 fully saturated rings. The van der Waals surface area contributed by atoms with Crippen LogP contribution in [-0.4, -0.2) is 9.78 Å². The van der Waals surface area contributed by atoms with Gasteiger partial charge in [0.2, 0.25) is 0 Å². The first-order valence-corrected chi connectivity index (χ1v) is 3.18. The molecule has 0 aromatic carbocycles. The third kappa shape index (κ3) is 5.33. The molecule has 1 aromatic rings. The average molecular weight is 250 g/mol. The Kier molecular flexibility index (Phi) is 12.4. The molecule has 0 bridgehead atoms. The summed E-state index contributed by atoms with van der Waals surface area (Å²) in [7, 11) is 1.88. The van der Waals surface area contributed by atoms with Crippen LogP contribution in [0.4, 0.5) is 0 Å². The number of hydrazine groups is 1. The minimum absolute atomic E-state index is 0. The summed E-state index contributed by atoms with van der Waals surface area (Å²) in [5.74, 6) is 5.23. The third-order valence-corrected chi connectivity index (χ3v) is 1.47. The van der Waals surface area contributed by atoms with Gasteiger partial charge in [-0.3, -0.25) is 16.0 Å². The lowest BCUT2D eigenvalue weighted by molar-refractivity contribution is 0.601. The predicted molar refractivity (Wildman–Crippen MR) is 60.7 cm³/mol. The number of hydrogen-bond donors (Lipinski definition) is 2. The summed E-state index contributed by atoms with van der Waals surface area (Å²) in [5.41, 5.74) is 3.74. The van der Waals surface area contributed by atoms with Gasteiger partial charge in [-0.1, -0.05) is 0 Å². The summed E-state index contributed by atoms with van der Waals surface area (Å²) in [6, 6.07) is 0.175. The largest absolute Gasteiger partial charge is 0.275 e. The summed E-state index contributed by atoms with van der Waals surface area (Å²) in [4.78, 5) is 0. The zero-order chi connectivity index (χ0) is 7.56. The highest BCUT2D eigenvalue weighted by Gasteiger charge is 2.02. The van der Waals surface area contributed by atoms with Crippen molar-refractivity contribution in [1.82, 2.24) is 15.2 Å². The molecule has 1 unspecified atom stereocenters. The molecule has 1 aromatic heterocycles. The van der Waals surface area contributed by atoms with E-state index in [2.05, 4.69) is 10.5 Å². The molecular formula is C6H15Cl3N4.